The Labute approximate surface area is 116 Å². The zero-order valence-electron chi connectivity index (χ0n) is 11.2. The molecule has 108 valence electrons. The van der Waals surface area contributed by atoms with E-state index in [1.807, 2.05) is 0 Å². The van der Waals surface area contributed by atoms with Crippen LogP contribution in [0.15, 0.2) is 18.2 Å². The predicted octanol–water partition coefficient (Wildman–Crippen LogP) is 1.68. The number of carbonyl (C=O) groups is 1. The van der Waals surface area contributed by atoms with E-state index in [4.69, 9.17) is 4.74 Å². The van der Waals surface area contributed by atoms with Gasteiger partial charge in [-0.2, -0.15) is 0 Å². The van der Waals surface area contributed by atoms with Crippen molar-refractivity contribution in [3.8, 4) is 5.75 Å². The van der Waals surface area contributed by atoms with E-state index >= 15 is 0 Å². The minimum absolute atomic E-state index is 0.173. The molecule has 20 heavy (non-hydrogen) atoms. The van der Waals surface area contributed by atoms with Crippen LogP contribution in [0.1, 0.15) is 19.3 Å². The summed E-state index contributed by atoms with van der Waals surface area (Å²) in [6, 6.07) is 4.07. The highest BCUT2D eigenvalue weighted by Gasteiger charge is 2.23. The Bertz CT molecular complexity index is 512. The summed E-state index contributed by atoms with van der Waals surface area (Å²) >= 11 is 0. The number of piperidine rings is 1. The van der Waals surface area contributed by atoms with Crippen LogP contribution in [0.4, 0.5) is 11.4 Å². The monoisotopic (exact) mass is 279 g/mol. The van der Waals surface area contributed by atoms with Crippen LogP contribution in [0.2, 0.25) is 0 Å². The first-order valence-corrected chi connectivity index (χ1v) is 6.48. The van der Waals surface area contributed by atoms with E-state index in [1.165, 1.54) is 19.2 Å². The number of nitrogens with zero attached hydrogens (tertiary/aromatic N) is 1. The Morgan fingerprint density at radius 3 is 2.90 bits per heavy atom. The molecule has 0 saturated carbocycles. The summed E-state index contributed by atoms with van der Waals surface area (Å²) in [6.07, 6.45) is 2.78. The van der Waals surface area contributed by atoms with Gasteiger partial charge in [0, 0.05) is 0 Å². The number of nitrogens with one attached hydrogen (secondary N) is 2. The van der Waals surface area contributed by atoms with E-state index in [2.05, 4.69) is 10.6 Å². The van der Waals surface area contributed by atoms with Crippen molar-refractivity contribution in [2.75, 3.05) is 19.0 Å². The molecule has 0 aliphatic carbocycles. The number of amides is 1. The van der Waals surface area contributed by atoms with Crippen LogP contribution in [0.25, 0.3) is 0 Å². The minimum Gasteiger partial charge on any atom is -0.496 e. The predicted molar refractivity (Wildman–Crippen MR) is 73.9 cm³/mol. The molecule has 2 N–H and O–H groups in total. The second kappa shape index (κ2) is 6.33. The number of hydrogen-bond donors (Lipinski definition) is 2. The number of rotatable bonds is 4. The number of methoxy groups -OCH3 is 1. The Hall–Kier alpha value is -2.15. The molecule has 1 aliphatic heterocycles. The van der Waals surface area contributed by atoms with E-state index in [0.717, 1.165) is 25.8 Å². The number of hydrogen-bond acceptors (Lipinski definition) is 5. The highest BCUT2D eigenvalue weighted by molar-refractivity contribution is 5.96. The highest BCUT2D eigenvalue weighted by Crippen LogP contribution is 2.29. The van der Waals surface area contributed by atoms with Gasteiger partial charge in [-0.1, -0.05) is 6.42 Å². The van der Waals surface area contributed by atoms with Gasteiger partial charge in [0.2, 0.25) is 5.91 Å². The fourth-order valence-electron chi connectivity index (χ4n) is 2.19. The van der Waals surface area contributed by atoms with Crippen molar-refractivity contribution < 1.29 is 14.5 Å². The first-order chi connectivity index (χ1) is 9.61. The molecule has 0 aromatic heterocycles. The van der Waals surface area contributed by atoms with E-state index in [0.29, 0.717) is 5.75 Å². The lowest BCUT2D eigenvalue weighted by Gasteiger charge is -2.22. The Balaban J connectivity index is 2.15. The molecule has 0 spiro atoms. The lowest BCUT2D eigenvalue weighted by atomic mass is 10.0. The largest absolute Gasteiger partial charge is 0.496 e. The van der Waals surface area contributed by atoms with Gasteiger partial charge in [0.15, 0.2) is 0 Å². The molecular weight excluding hydrogens is 262 g/mol. The molecule has 2 rings (SSSR count). The molecule has 1 heterocycles. The molecule has 1 aliphatic rings. The first-order valence-electron chi connectivity index (χ1n) is 6.48. The third kappa shape index (κ3) is 3.24. The molecule has 1 saturated heterocycles. The quantitative estimate of drug-likeness (QED) is 0.646. The normalized spacial score (nSPS) is 18.4. The van der Waals surface area contributed by atoms with Crippen molar-refractivity contribution >= 4 is 17.3 Å². The summed E-state index contributed by atoms with van der Waals surface area (Å²) in [6.45, 7) is 0.794. The molecule has 1 aromatic rings. The number of nitro groups is 1. The van der Waals surface area contributed by atoms with Gasteiger partial charge in [0.25, 0.3) is 5.69 Å². The smallest absolute Gasteiger partial charge is 0.296 e. The Morgan fingerprint density at radius 1 is 1.50 bits per heavy atom. The van der Waals surface area contributed by atoms with Gasteiger partial charge in [-0.3, -0.25) is 14.9 Å². The molecule has 1 atom stereocenters. The maximum Gasteiger partial charge on any atom is 0.296 e. The van der Waals surface area contributed by atoms with Crippen LogP contribution < -0.4 is 15.4 Å². The van der Waals surface area contributed by atoms with Gasteiger partial charge in [-0.25, -0.2) is 0 Å². The van der Waals surface area contributed by atoms with E-state index in [9.17, 15) is 14.9 Å². The zero-order chi connectivity index (χ0) is 14.5. The summed E-state index contributed by atoms with van der Waals surface area (Å²) < 4.78 is 4.95. The summed E-state index contributed by atoms with van der Waals surface area (Å²) in [5, 5.41) is 16.7. The van der Waals surface area contributed by atoms with Gasteiger partial charge in [0.1, 0.15) is 11.4 Å². The van der Waals surface area contributed by atoms with Gasteiger partial charge in [-0.05, 0) is 31.5 Å². The SMILES string of the molecule is COc1ccc(NC(=O)[C@@H]2CCCCN2)c([N+](=O)[O-])c1. The number of benzene rings is 1. The van der Waals surface area contributed by atoms with E-state index in [1.54, 1.807) is 6.07 Å². The van der Waals surface area contributed by atoms with Gasteiger partial charge < -0.3 is 15.4 Å². The van der Waals surface area contributed by atoms with Crippen molar-refractivity contribution in [2.45, 2.75) is 25.3 Å². The molecule has 7 nitrogen and oxygen atoms in total. The number of carbonyl (C=O) groups excluding carboxylic acids is 1. The lowest BCUT2D eigenvalue weighted by Crippen LogP contribution is -2.43. The number of nitro benzene ring substituents is 1. The van der Waals surface area contributed by atoms with E-state index < -0.39 is 4.92 Å². The number of anilines is 1. The second-order valence-corrected chi connectivity index (χ2v) is 4.63. The Morgan fingerprint density at radius 2 is 2.30 bits per heavy atom. The molecule has 1 amide bonds. The minimum atomic E-state index is -0.535. The van der Waals surface area contributed by atoms with Crippen LogP contribution in [0.5, 0.6) is 5.75 Å². The van der Waals surface area contributed by atoms with Crippen LogP contribution in [0, 0.1) is 10.1 Å². The molecule has 0 bridgehead atoms. The van der Waals surface area contributed by atoms with Gasteiger partial charge >= 0.3 is 0 Å². The molecule has 1 fully saturated rings. The third-order valence-corrected chi connectivity index (χ3v) is 3.29. The average Bonchev–Trinajstić information content (AvgIpc) is 2.48. The first kappa shape index (κ1) is 14.3. The number of ether oxygens (including phenoxy) is 1. The van der Waals surface area contributed by atoms with Crippen LogP contribution >= 0.6 is 0 Å². The van der Waals surface area contributed by atoms with Crippen molar-refractivity contribution in [3.63, 3.8) is 0 Å². The highest BCUT2D eigenvalue weighted by atomic mass is 16.6. The van der Waals surface area contributed by atoms with Crippen molar-refractivity contribution in [1.29, 1.82) is 0 Å². The Kier molecular flexibility index (Phi) is 4.52. The zero-order valence-corrected chi connectivity index (χ0v) is 11.2. The van der Waals surface area contributed by atoms with Gasteiger partial charge in [0.05, 0.1) is 24.1 Å². The maximum atomic E-state index is 12.1. The summed E-state index contributed by atoms with van der Waals surface area (Å²) in [4.78, 5) is 22.6. The van der Waals surface area contributed by atoms with E-state index in [-0.39, 0.29) is 23.3 Å². The lowest BCUT2D eigenvalue weighted by molar-refractivity contribution is -0.384. The average molecular weight is 279 g/mol. The third-order valence-electron chi connectivity index (χ3n) is 3.29. The van der Waals surface area contributed by atoms with Crippen molar-refractivity contribution in [2.24, 2.45) is 0 Å². The topological polar surface area (TPSA) is 93.5 Å². The molecule has 7 heteroatoms. The second-order valence-electron chi connectivity index (χ2n) is 4.63. The van der Waals surface area contributed by atoms with Gasteiger partial charge in [-0.15, -0.1) is 0 Å². The van der Waals surface area contributed by atoms with Crippen LogP contribution in [0.3, 0.4) is 0 Å². The summed E-state index contributed by atoms with van der Waals surface area (Å²) in [5.74, 6) is 0.142. The summed E-state index contributed by atoms with van der Waals surface area (Å²) in [5.41, 5.74) is 0.0154. The fraction of sp³-hybridized carbons (Fsp3) is 0.462. The standard InChI is InChI=1S/C13H17N3O4/c1-20-9-5-6-10(12(8-9)16(18)19)15-13(17)11-4-2-3-7-14-11/h5-6,8,11,14H,2-4,7H2,1H3,(H,15,17)/t11-/m0/s1. The maximum absolute atomic E-state index is 12.1. The molecule has 0 radical (unpaired) electrons. The van der Waals surface area contributed by atoms with Crippen molar-refractivity contribution in [3.05, 3.63) is 28.3 Å². The van der Waals surface area contributed by atoms with Crippen LogP contribution in [-0.2, 0) is 4.79 Å². The summed E-state index contributed by atoms with van der Waals surface area (Å²) in [7, 11) is 1.43. The molecular formula is C13H17N3O4. The molecule has 0 unspecified atom stereocenters. The van der Waals surface area contributed by atoms with Crippen LogP contribution in [-0.4, -0.2) is 30.5 Å². The molecule has 1 aromatic carbocycles. The van der Waals surface area contributed by atoms with Crippen molar-refractivity contribution in [1.82, 2.24) is 5.32 Å². The fourth-order valence-corrected chi connectivity index (χ4v) is 2.19.